The number of aryl methyl sites for hydroxylation is 2. The van der Waals surface area contributed by atoms with Crippen LogP contribution in [0.3, 0.4) is 0 Å². The highest BCUT2D eigenvalue weighted by molar-refractivity contribution is 6.09. The van der Waals surface area contributed by atoms with Crippen LogP contribution in [-0.2, 0) is 6.54 Å². The Morgan fingerprint density at radius 2 is 1.52 bits per heavy atom. The minimum absolute atomic E-state index is 0.226. The third-order valence-electron chi connectivity index (χ3n) is 4.27. The summed E-state index contributed by atoms with van der Waals surface area (Å²) in [6.07, 6.45) is 0. The van der Waals surface area contributed by atoms with Gasteiger partial charge in [0.2, 0.25) is 0 Å². The predicted molar refractivity (Wildman–Crippen MR) is 108 cm³/mol. The summed E-state index contributed by atoms with van der Waals surface area (Å²) < 4.78 is 0. The van der Waals surface area contributed by atoms with Crippen LogP contribution in [0.2, 0.25) is 0 Å². The number of nitrogens with one attached hydrogen (secondary N) is 2. The lowest BCUT2D eigenvalue weighted by Gasteiger charge is -2.12. The van der Waals surface area contributed by atoms with E-state index in [1.165, 1.54) is 0 Å². The average Bonchev–Trinajstić information content (AvgIpc) is 2.67. The van der Waals surface area contributed by atoms with Gasteiger partial charge in [0, 0.05) is 12.1 Å². The van der Waals surface area contributed by atoms with E-state index in [2.05, 4.69) is 10.6 Å². The normalized spacial score (nSPS) is 10.3. The Morgan fingerprint density at radius 3 is 2.26 bits per heavy atom. The molecule has 0 aliphatic carbocycles. The molecule has 0 saturated heterocycles. The first-order chi connectivity index (χ1) is 13.0. The van der Waals surface area contributed by atoms with Crippen molar-refractivity contribution in [2.45, 2.75) is 20.4 Å². The maximum Gasteiger partial charge on any atom is 0.255 e. The number of anilines is 1. The second-order valence-electron chi connectivity index (χ2n) is 6.54. The fraction of sp³-hybridized carbons (Fsp3) is 0.130. The maximum atomic E-state index is 12.6. The molecule has 0 heterocycles. The summed E-state index contributed by atoms with van der Waals surface area (Å²) in [7, 11) is 0. The molecule has 27 heavy (non-hydrogen) atoms. The predicted octanol–water partition coefficient (Wildman–Crippen LogP) is 4.49. The topological polar surface area (TPSA) is 58.2 Å². The molecule has 0 spiro atoms. The van der Waals surface area contributed by atoms with Gasteiger partial charge >= 0.3 is 0 Å². The van der Waals surface area contributed by atoms with Gasteiger partial charge in [0.05, 0.1) is 11.3 Å². The van der Waals surface area contributed by atoms with Crippen molar-refractivity contribution < 1.29 is 9.59 Å². The zero-order valence-electron chi connectivity index (χ0n) is 15.5. The summed E-state index contributed by atoms with van der Waals surface area (Å²) in [5.74, 6) is -0.467. The summed E-state index contributed by atoms with van der Waals surface area (Å²) in [5.41, 5.74) is 4.74. The van der Waals surface area contributed by atoms with E-state index in [-0.39, 0.29) is 11.8 Å². The highest BCUT2D eigenvalue weighted by Crippen LogP contribution is 2.17. The Kier molecular flexibility index (Phi) is 5.67. The lowest BCUT2D eigenvalue weighted by atomic mass is 10.1. The molecule has 2 N–H and O–H groups in total. The van der Waals surface area contributed by atoms with E-state index in [9.17, 15) is 9.59 Å². The van der Waals surface area contributed by atoms with E-state index in [4.69, 9.17) is 0 Å². The number of carbonyl (C=O) groups is 2. The summed E-state index contributed by atoms with van der Waals surface area (Å²) in [4.78, 5) is 25.1. The second-order valence-corrected chi connectivity index (χ2v) is 6.54. The van der Waals surface area contributed by atoms with Crippen LogP contribution in [0, 0.1) is 13.8 Å². The second kappa shape index (κ2) is 8.32. The van der Waals surface area contributed by atoms with Crippen molar-refractivity contribution in [2.24, 2.45) is 0 Å². The minimum Gasteiger partial charge on any atom is -0.348 e. The Hall–Kier alpha value is -3.40. The van der Waals surface area contributed by atoms with E-state index in [0.717, 1.165) is 16.7 Å². The van der Waals surface area contributed by atoms with Gasteiger partial charge < -0.3 is 10.6 Å². The molecule has 0 unspecified atom stereocenters. The van der Waals surface area contributed by atoms with Gasteiger partial charge in [0.15, 0.2) is 0 Å². The third kappa shape index (κ3) is 4.82. The number of carbonyl (C=O) groups excluding carboxylic acids is 2. The molecule has 0 radical (unpaired) electrons. The van der Waals surface area contributed by atoms with Crippen molar-refractivity contribution in [3.63, 3.8) is 0 Å². The summed E-state index contributed by atoms with van der Waals surface area (Å²) in [5, 5.41) is 5.75. The Bertz CT molecular complexity index is 962. The van der Waals surface area contributed by atoms with Gasteiger partial charge in [-0.2, -0.15) is 0 Å². The molecular formula is C23H22N2O2. The monoisotopic (exact) mass is 358 g/mol. The van der Waals surface area contributed by atoms with E-state index in [1.807, 2.05) is 50.2 Å². The van der Waals surface area contributed by atoms with Gasteiger partial charge in [-0.15, -0.1) is 0 Å². The zero-order chi connectivity index (χ0) is 19.2. The van der Waals surface area contributed by atoms with Gasteiger partial charge in [-0.3, -0.25) is 9.59 Å². The maximum absolute atomic E-state index is 12.6. The molecule has 0 fully saturated rings. The first-order valence-corrected chi connectivity index (χ1v) is 8.84. The van der Waals surface area contributed by atoms with Crippen LogP contribution in [0.15, 0.2) is 72.8 Å². The molecule has 0 bridgehead atoms. The summed E-state index contributed by atoms with van der Waals surface area (Å²) in [6, 6.07) is 22.3. The van der Waals surface area contributed by atoms with E-state index in [1.54, 1.807) is 36.4 Å². The fourth-order valence-electron chi connectivity index (χ4n) is 2.79. The van der Waals surface area contributed by atoms with Gasteiger partial charge in [-0.1, -0.05) is 59.7 Å². The third-order valence-corrected chi connectivity index (χ3v) is 4.27. The van der Waals surface area contributed by atoms with Crippen LogP contribution < -0.4 is 10.6 Å². The van der Waals surface area contributed by atoms with Gasteiger partial charge in [0.25, 0.3) is 11.8 Å². The SMILES string of the molecule is Cc1ccc(C(=O)Nc2ccccc2C(=O)NCc2cccc(C)c2)cc1. The zero-order valence-corrected chi connectivity index (χ0v) is 15.5. The highest BCUT2D eigenvalue weighted by atomic mass is 16.2. The lowest BCUT2D eigenvalue weighted by Crippen LogP contribution is -2.25. The smallest absolute Gasteiger partial charge is 0.255 e. The molecule has 4 nitrogen and oxygen atoms in total. The molecule has 3 rings (SSSR count). The van der Waals surface area contributed by atoms with Crippen molar-refractivity contribution in [1.82, 2.24) is 5.32 Å². The number of benzene rings is 3. The van der Waals surface area contributed by atoms with Crippen molar-refractivity contribution in [3.05, 3.63) is 101 Å². The lowest BCUT2D eigenvalue weighted by molar-refractivity contribution is 0.0952. The standard InChI is InChI=1S/C23H22N2O2/c1-16-10-12-19(13-11-16)22(26)25-21-9-4-3-8-20(21)23(27)24-15-18-7-5-6-17(2)14-18/h3-14H,15H2,1-2H3,(H,24,27)(H,25,26). The summed E-state index contributed by atoms with van der Waals surface area (Å²) >= 11 is 0. The number of hydrogen-bond acceptors (Lipinski definition) is 2. The van der Waals surface area contributed by atoms with Crippen molar-refractivity contribution in [1.29, 1.82) is 0 Å². The van der Waals surface area contributed by atoms with Crippen molar-refractivity contribution >= 4 is 17.5 Å². The van der Waals surface area contributed by atoms with E-state index in [0.29, 0.717) is 23.4 Å². The average molecular weight is 358 g/mol. The molecule has 3 aromatic carbocycles. The number of amides is 2. The largest absolute Gasteiger partial charge is 0.348 e. The molecular weight excluding hydrogens is 336 g/mol. The van der Waals surface area contributed by atoms with Crippen LogP contribution in [0.25, 0.3) is 0 Å². The molecule has 136 valence electrons. The highest BCUT2D eigenvalue weighted by Gasteiger charge is 2.14. The van der Waals surface area contributed by atoms with Crippen molar-refractivity contribution in [2.75, 3.05) is 5.32 Å². The molecule has 0 saturated carbocycles. The molecule has 0 atom stereocenters. The van der Waals surface area contributed by atoms with Crippen LogP contribution in [-0.4, -0.2) is 11.8 Å². The van der Waals surface area contributed by atoms with Gasteiger partial charge in [0.1, 0.15) is 0 Å². The molecule has 3 aromatic rings. The molecule has 4 heteroatoms. The Morgan fingerprint density at radius 1 is 0.778 bits per heavy atom. The molecule has 0 aliphatic rings. The van der Waals surface area contributed by atoms with Crippen LogP contribution >= 0.6 is 0 Å². The minimum atomic E-state index is -0.242. The Balaban J connectivity index is 1.72. The fourth-order valence-corrected chi connectivity index (χ4v) is 2.79. The number of hydrogen-bond donors (Lipinski definition) is 2. The first kappa shape index (κ1) is 18.4. The van der Waals surface area contributed by atoms with Crippen LogP contribution in [0.4, 0.5) is 5.69 Å². The van der Waals surface area contributed by atoms with Gasteiger partial charge in [-0.25, -0.2) is 0 Å². The molecule has 2 amide bonds. The number of para-hydroxylation sites is 1. The summed E-state index contributed by atoms with van der Waals surface area (Å²) in [6.45, 7) is 4.41. The Labute approximate surface area is 159 Å². The van der Waals surface area contributed by atoms with Crippen LogP contribution in [0.1, 0.15) is 37.4 Å². The van der Waals surface area contributed by atoms with Crippen LogP contribution in [0.5, 0.6) is 0 Å². The number of rotatable bonds is 5. The van der Waals surface area contributed by atoms with Crippen molar-refractivity contribution in [3.8, 4) is 0 Å². The first-order valence-electron chi connectivity index (χ1n) is 8.84. The molecule has 0 aliphatic heterocycles. The quantitative estimate of drug-likeness (QED) is 0.706. The van der Waals surface area contributed by atoms with Gasteiger partial charge in [-0.05, 0) is 43.7 Å². The van der Waals surface area contributed by atoms with E-state index < -0.39 is 0 Å². The van der Waals surface area contributed by atoms with E-state index >= 15 is 0 Å². The molecule has 0 aromatic heterocycles.